The number of halogens is 1. The number of benzene rings is 1. The molecule has 0 bridgehead atoms. The Morgan fingerprint density at radius 3 is 2.85 bits per heavy atom. The zero-order valence-corrected chi connectivity index (χ0v) is 21.1. The molecule has 8 nitrogen and oxygen atoms in total. The van der Waals surface area contributed by atoms with Crippen LogP contribution >= 0.6 is 15.9 Å². The molecule has 2 unspecified atom stereocenters. The quantitative estimate of drug-likeness (QED) is 0.373. The third kappa shape index (κ3) is 4.84. The van der Waals surface area contributed by atoms with Crippen LogP contribution in [0.1, 0.15) is 30.0 Å². The fourth-order valence-electron chi connectivity index (χ4n) is 4.16. The highest BCUT2D eigenvalue weighted by atomic mass is 79.9. The Bertz CT molecular complexity index is 1300. The van der Waals surface area contributed by atoms with Gasteiger partial charge in [-0.15, -0.1) is 0 Å². The largest absolute Gasteiger partial charge is 0.497 e. The number of nitrogens with one attached hydrogen (secondary N) is 1. The smallest absolute Gasteiger partial charge is 0.171 e. The molecule has 0 spiro atoms. The molecule has 1 aliphatic heterocycles. The minimum Gasteiger partial charge on any atom is -0.497 e. The van der Waals surface area contributed by atoms with Crippen molar-refractivity contribution in [2.24, 2.45) is 0 Å². The number of pyridine rings is 1. The van der Waals surface area contributed by atoms with Crippen molar-refractivity contribution in [3.8, 4) is 5.75 Å². The molecule has 0 radical (unpaired) electrons. The first-order valence-electron chi connectivity index (χ1n) is 11.1. The Labute approximate surface area is 209 Å². The molecule has 3 aromatic heterocycles. The van der Waals surface area contributed by atoms with Gasteiger partial charge in [-0.3, -0.25) is 4.98 Å². The second-order valence-electron chi connectivity index (χ2n) is 8.16. The molecule has 0 saturated carbocycles. The molecule has 4 heterocycles. The third-order valence-electron chi connectivity index (χ3n) is 5.94. The van der Waals surface area contributed by atoms with Gasteiger partial charge in [0.2, 0.25) is 0 Å². The van der Waals surface area contributed by atoms with E-state index in [-0.39, 0.29) is 5.92 Å². The highest BCUT2D eigenvalue weighted by Gasteiger charge is 2.27. The van der Waals surface area contributed by atoms with Gasteiger partial charge in [-0.1, -0.05) is 6.07 Å². The van der Waals surface area contributed by atoms with Gasteiger partial charge >= 0.3 is 0 Å². The zero-order chi connectivity index (χ0) is 23.5. The van der Waals surface area contributed by atoms with Gasteiger partial charge in [-0.2, -0.15) is 9.61 Å². The van der Waals surface area contributed by atoms with E-state index in [4.69, 9.17) is 9.72 Å². The summed E-state index contributed by atoms with van der Waals surface area (Å²) in [6, 6.07) is 13.5. The van der Waals surface area contributed by atoms with Crippen molar-refractivity contribution in [3.05, 3.63) is 76.8 Å². The lowest BCUT2D eigenvalue weighted by Crippen LogP contribution is -2.36. The lowest BCUT2D eigenvalue weighted by molar-refractivity contribution is 0.327. The standard InChI is InChI=1S/C24H25BrN6O2S/c1-33-19-6-8-20(9-7-19)34(32)30-11-3-5-18(16-30)22-12-23(27-14-17-4-2-10-26-13-17)31-24(29-22)21(25)15-28-31/h2,4,6-10,12-13,15,18,27H,3,5,11,14,16H2,1H3. The van der Waals surface area contributed by atoms with Crippen molar-refractivity contribution in [2.45, 2.75) is 30.2 Å². The first-order valence-corrected chi connectivity index (χ1v) is 13.0. The molecule has 0 amide bonds. The molecule has 1 aliphatic rings. The number of methoxy groups -OCH3 is 1. The number of hydrogen-bond donors (Lipinski definition) is 1. The number of anilines is 1. The summed E-state index contributed by atoms with van der Waals surface area (Å²) in [6.07, 6.45) is 7.32. The molecule has 0 aliphatic carbocycles. The predicted molar refractivity (Wildman–Crippen MR) is 135 cm³/mol. The van der Waals surface area contributed by atoms with Crippen LogP contribution < -0.4 is 10.1 Å². The normalized spacial score (nSPS) is 17.5. The molecule has 4 aromatic rings. The molecular formula is C24H25BrN6O2S. The summed E-state index contributed by atoms with van der Waals surface area (Å²) in [5.41, 5.74) is 2.82. The van der Waals surface area contributed by atoms with Crippen LogP contribution in [-0.4, -0.2) is 48.3 Å². The minimum atomic E-state index is -1.23. The molecule has 5 rings (SSSR count). The van der Waals surface area contributed by atoms with Crippen molar-refractivity contribution in [1.29, 1.82) is 0 Å². The van der Waals surface area contributed by atoms with E-state index in [2.05, 4.69) is 37.4 Å². The van der Waals surface area contributed by atoms with Crippen molar-refractivity contribution >= 4 is 38.4 Å². The van der Waals surface area contributed by atoms with E-state index in [1.807, 2.05) is 46.9 Å². The lowest BCUT2D eigenvalue weighted by atomic mass is 9.96. The van der Waals surface area contributed by atoms with E-state index in [1.165, 1.54) is 0 Å². The molecule has 1 fully saturated rings. The number of fused-ring (bicyclic) bond motifs is 1. The highest BCUT2D eigenvalue weighted by Crippen LogP contribution is 2.31. The number of ether oxygens (including phenoxy) is 1. The van der Waals surface area contributed by atoms with E-state index < -0.39 is 11.0 Å². The summed E-state index contributed by atoms with van der Waals surface area (Å²) >= 11 is 3.58. The Morgan fingerprint density at radius 2 is 2.09 bits per heavy atom. The van der Waals surface area contributed by atoms with Gasteiger partial charge in [0.05, 0.1) is 28.4 Å². The summed E-state index contributed by atoms with van der Waals surface area (Å²) in [7, 11) is 0.397. The first kappa shape index (κ1) is 22.9. The maximum absolute atomic E-state index is 13.3. The summed E-state index contributed by atoms with van der Waals surface area (Å²) < 4.78 is 23.2. The van der Waals surface area contributed by atoms with E-state index in [0.29, 0.717) is 13.1 Å². The molecule has 1 N–H and O–H groups in total. The van der Waals surface area contributed by atoms with Crippen LogP contribution in [0.4, 0.5) is 5.82 Å². The Hall–Kier alpha value is -2.82. The van der Waals surface area contributed by atoms with Gasteiger partial charge in [0, 0.05) is 44.0 Å². The van der Waals surface area contributed by atoms with Crippen LogP contribution in [0.3, 0.4) is 0 Å². The lowest BCUT2D eigenvalue weighted by Gasteiger charge is -2.31. The van der Waals surface area contributed by atoms with E-state index in [9.17, 15) is 4.21 Å². The Morgan fingerprint density at radius 1 is 1.24 bits per heavy atom. The SMILES string of the molecule is COc1ccc(S(=O)N2CCCC(c3cc(NCc4cccnc4)n4ncc(Br)c4n3)C2)cc1. The predicted octanol–water partition coefficient (Wildman–Crippen LogP) is 4.41. The van der Waals surface area contributed by atoms with Crippen LogP contribution in [0.5, 0.6) is 5.75 Å². The van der Waals surface area contributed by atoms with Crippen LogP contribution in [-0.2, 0) is 17.5 Å². The van der Waals surface area contributed by atoms with Gasteiger partial charge in [-0.25, -0.2) is 13.5 Å². The third-order valence-corrected chi connectivity index (χ3v) is 7.98. The summed E-state index contributed by atoms with van der Waals surface area (Å²) in [5.74, 6) is 1.79. The number of hydrogen-bond acceptors (Lipinski definition) is 6. The second-order valence-corrected chi connectivity index (χ2v) is 10.5. The molecule has 1 aromatic carbocycles. The molecule has 2 atom stereocenters. The zero-order valence-electron chi connectivity index (χ0n) is 18.7. The summed E-state index contributed by atoms with van der Waals surface area (Å²) in [4.78, 5) is 9.89. The number of rotatable bonds is 7. The number of piperidine rings is 1. The summed E-state index contributed by atoms with van der Waals surface area (Å²) in [5, 5.41) is 7.96. The van der Waals surface area contributed by atoms with Crippen LogP contribution in [0.2, 0.25) is 0 Å². The van der Waals surface area contributed by atoms with Crippen LogP contribution in [0.15, 0.2) is 70.4 Å². The Kier molecular flexibility index (Phi) is 6.89. The van der Waals surface area contributed by atoms with Gasteiger partial charge < -0.3 is 10.1 Å². The van der Waals surface area contributed by atoms with Gasteiger partial charge in [0.1, 0.15) is 22.6 Å². The maximum atomic E-state index is 13.3. The van der Waals surface area contributed by atoms with Crippen LogP contribution in [0.25, 0.3) is 5.65 Å². The fourth-order valence-corrected chi connectivity index (χ4v) is 5.79. The monoisotopic (exact) mass is 540 g/mol. The second kappa shape index (κ2) is 10.2. The maximum Gasteiger partial charge on any atom is 0.171 e. The van der Waals surface area contributed by atoms with Crippen LogP contribution in [0, 0.1) is 0 Å². The van der Waals surface area contributed by atoms with Gasteiger partial charge in [0.25, 0.3) is 0 Å². The topological polar surface area (TPSA) is 84.7 Å². The minimum absolute atomic E-state index is 0.168. The van der Waals surface area contributed by atoms with Crippen molar-refractivity contribution < 1.29 is 8.95 Å². The van der Waals surface area contributed by atoms with E-state index in [0.717, 1.165) is 57.2 Å². The van der Waals surface area contributed by atoms with E-state index in [1.54, 1.807) is 24.0 Å². The van der Waals surface area contributed by atoms with Crippen molar-refractivity contribution in [2.75, 3.05) is 25.5 Å². The van der Waals surface area contributed by atoms with Crippen molar-refractivity contribution in [3.63, 3.8) is 0 Å². The van der Waals surface area contributed by atoms with Gasteiger partial charge in [0.15, 0.2) is 5.65 Å². The van der Waals surface area contributed by atoms with E-state index >= 15 is 0 Å². The highest BCUT2D eigenvalue weighted by molar-refractivity contribution is 9.10. The van der Waals surface area contributed by atoms with Gasteiger partial charge in [-0.05, 0) is 64.7 Å². The number of aromatic nitrogens is 4. The van der Waals surface area contributed by atoms with Crippen molar-refractivity contribution in [1.82, 2.24) is 23.9 Å². The Balaban J connectivity index is 1.39. The molecular weight excluding hydrogens is 516 g/mol. The average Bonchev–Trinajstić information content (AvgIpc) is 3.28. The molecule has 176 valence electrons. The average molecular weight is 541 g/mol. The number of nitrogens with zero attached hydrogens (tertiary/aromatic N) is 5. The molecule has 34 heavy (non-hydrogen) atoms. The molecule has 10 heteroatoms. The first-order chi connectivity index (χ1) is 16.6. The fraction of sp³-hybridized carbons (Fsp3) is 0.292. The molecule has 1 saturated heterocycles. The summed E-state index contributed by atoms with van der Waals surface area (Å²) in [6.45, 7) is 2.09.